The largest absolute Gasteiger partial charge is 0.480 e. The van der Waals surface area contributed by atoms with E-state index in [1.54, 1.807) is 0 Å². The van der Waals surface area contributed by atoms with Gasteiger partial charge in [-0.05, 0) is 0 Å². The normalized spacial score (nSPS) is 11.7. The number of carboxylic acids is 1. The SMILES string of the molecule is CC(=O)N[C@@H](CSCCC(=O)OCCO)C(=O)O. The van der Waals surface area contributed by atoms with Crippen molar-refractivity contribution in [1.82, 2.24) is 5.32 Å². The lowest BCUT2D eigenvalue weighted by Crippen LogP contribution is -2.41. The van der Waals surface area contributed by atoms with Gasteiger partial charge in [0.25, 0.3) is 0 Å². The maximum atomic E-state index is 11.0. The molecule has 0 aliphatic rings. The van der Waals surface area contributed by atoms with Crippen LogP contribution in [0.5, 0.6) is 0 Å². The molecule has 18 heavy (non-hydrogen) atoms. The molecule has 0 aromatic rings. The van der Waals surface area contributed by atoms with E-state index in [0.717, 1.165) is 0 Å². The number of hydrogen-bond donors (Lipinski definition) is 3. The molecule has 104 valence electrons. The topological polar surface area (TPSA) is 113 Å². The molecule has 0 saturated carbocycles. The molecule has 7 nitrogen and oxygen atoms in total. The zero-order valence-electron chi connectivity index (χ0n) is 10.0. The molecule has 3 N–H and O–H groups in total. The van der Waals surface area contributed by atoms with Crippen LogP contribution in [0.1, 0.15) is 13.3 Å². The highest BCUT2D eigenvalue weighted by Gasteiger charge is 2.18. The average Bonchev–Trinajstić information content (AvgIpc) is 2.29. The van der Waals surface area contributed by atoms with Crippen molar-refractivity contribution in [3.63, 3.8) is 0 Å². The molecule has 0 heterocycles. The zero-order valence-corrected chi connectivity index (χ0v) is 10.9. The molecule has 0 saturated heterocycles. The number of carboxylic acid groups (broad SMARTS) is 1. The lowest BCUT2D eigenvalue weighted by Gasteiger charge is -2.12. The van der Waals surface area contributed by atoms with E-state index in [-0.39, 0.29) is 25.4 Å². The molecule has 0 rings (SSSR count). The summed E-state index contributed by atoms with van der Waals surface area (Å²) in [5.74, 6) is -1.38. The van der Waals surface area contributed by atoms with Gasteiger partial charge in [-0.3, -0.25) is 9.59 Å². The van der Waals surface area contributed by atoms with Crippen LogP contribution >= 0.6 is 11.8 Å². The Morgan fingerprint density at radius 2 is 2.06 bits per heavy atom. The lowest BCUT2D eigenvalue weighted by atomic mass is 10.3. The fourth-order valence-electron chi connectivity index (χ4n) is 1.01. The summed E-state index contributed by atoms with van der Waals surface area (Å²) in [7, 11) is 0. The summed E-state index contributed by atoms with van der Waals surface area (Å²) in [6.07, 6.45) is 0.136. The van der Waals surface area contributed by atoms with Crippen LogP contribution in [0.25, 0.3) is 0 Å². The Morgan fingerprint density at radius 1 is 1.39 bits per heavy atom. The summed E-state index contributed by atoms with van der Waals surface area (Å²) in [6, 6.07) is -0.957. The van der Waals surface area contributed by atoms with Gasteiger partial charge in [-0.1, -0.05) is 0 Å². The molecule has 8 heteroatoms. The predicted molar refractivity (Wildman–Crippen MR) is 65.2 cm³/mol. The Hall–Kier alpha value is -1.28. The van der Waals surface area contributed by atoms with Crippen LogP contribution in [0, 0.1) is 0 Å². The van der Waals surface area contributed by atoms with E-state index in [4.69, 9.17) is 10.2 Å². The minimum absolute atomic E-state index is 0.0346. The van der Waals surface area contributed by atoms with E-state index < -0.39 is 23.9 Å². The molecule has 0 radical (unpaired) electrons. The first kappa shape index (κ1) is 16.7. The third-order valence-corrected chi connectivity index (χ3v) is 2.83. The van der Waals surface area contributed by atoms with Gasteiger partial charge in [0.1, 0.15) is 12.6 Å². The lowest BCUT2D eigenvalue weighted by molar-refractivity contribution is -0.144. The van der Waals surface area contributed by atoms with Crippen LogP contribution in [-0.4, -0.2) is 58.8 Å². The number of thioether (sulfide) groups is 1. The quantitative estimate of drug-likeness (QED) is 0.375. The molecule has 0 fully saturated rings. The number of carbonyl (C=O) groups is 3. The van der Waals surface area contributed by atoms with Crippen LogP contribution < -0.4 is 5.32 Å². The molecule has 1 amide bonds. The van der Waals surface area contributed by atoms with Crippen molar-refractivity contribution in [2.45, 2.75) is 19.4 Å². The highest BCUT2D eigenvalue weighted by atomic mass is 32.2. The number of carbonyl (C=O) groups excluding carboxylic acids is 2. The number of esters is 1. The third-order valence-electron chi connectivity index (χ3n) is 1.76. The van der Waals surface area contributed by atoms with Crippen LogP contribution in [0.4, 0.5) is 0 Å². The third kappa shape index (κ3) is 8.82. The Labute approximate surface area is 109 Å². The van der Waals surface area contributed by atoms with E-state index in [2.05, 4.69) is 10.1 Å². The van der Waals surface area contributed by atoms with Gasteiger partial charge in [0, 0.05) is 18.4 Å². The van der Waals surface area contributed by atoms with E-state index in [0.29, 0.717) is 5.75 Å². The fraction of sp³-hybridized carbons (Fsp3) is 0.700. The van der Waals surface area contributed by atoms with E-state index in [1.165, 1.54) is 18.7 Å². The summed E-state index contributed by atoms with van der Waals surface area (Å²) in [5.41, 5.74) is 0. The smallest absolute Gasteiger partial charge is 0.327 e. The van der Waals surface area contributed by atoms with Crippen molar-refractivity contribution >= 4 is 29.6 Å². The fourth-order valence-corrected chi connectivity index (χ4v) is 1.95. The second-order valence-corrected chi connectivity index (χ2v) is 4.51. The predicted octanol–water partition coefficient (Wildman–Crippen LogP) is -0.765. The molecule has 0 aliphatic heterocycles. The van der Waals surface area contributed by atoms with Crippen LogP contribution in [0.15, 0.2) is 0 Å². The van der Waals surface area contributed by atoms with Crippen molar-refractivity contribution in [2.75, 3.05) is 24.7 Å². The van der Waals surface area contributed by atoms with Gasteiger partial charge in [-0.25, -0.2) is 4.79 Å². The maximum absolute atomic E-state index is 11.0. The number of hydrogen-bond acceptors (Lipinski definition) is 6. The Balaban J connectivity index is 3.76. The number of aliphatic hydroxyl groups excluding tert-OH is 1. The maximum Gasteiger partial charge on any atom is 0.327 e. The highest BCUT2D eigenvalue weighted by molar-refractivity contribution is 7.99. The molecular weight excluding hydrogens is 262 g/mol. The molecule has 0 spiro atoms. The van der Waals surface area contributed by atoms with Crippen molar-refractivity contribution in [3.05, 3.63) is 0 Å². The van der Waals surface area contributed by atoms with Gasteiger partial charge >= 0.3 is 11.9 Å². The van der Waals surface area contributed by atoms with Gasteiger partial charge in [-0.15, -0.1) is 0 Å². The molecule has 0 aliphatic carbocycles. The number of nitrogens with one attached hydrogen (secondary N) is 1. The molecule has 0 bridgehead atoms. The van der Waals surface area contributed by atoms with Gasteiger partial charge in [0.2, 0.25) is 5.91 Å². The van der Waals surface area contributed by atoms with Gasteiger partial charge < -0.3 is 20.3 Å². The van der Waals surface area contributed by atoms with E-state index in [1.807, 2.05) is 0 Å². The van der Waals surface area contributed by atoms with E-state index >= 15 is 0 Å². The standard InChI is InChI=1S/C10H17NO6S/c1-7(13)11-8(10(15)16)6-18-5-2-9(14)17-4-3-12/h8,12H,2-6H2,1H3,(H,11,13)(H,15,16)/t8-/m0/s1. The van der Waals surface area contributed by atoms with Crippen LogP contribution in [0.3, 0.4) is 0 Å². The molecule has 1 atom stereocenters. The summed E-state index contributed by atoms with van der Waals surface area (Å²) in [6.45, 7) is 0.989. The zero-order chi connectivity index (χ0) is 14.0. The first-order chi connectivity index (χ1) is 8.47. The van der Waals surface area contributed by atoms with Gasteiger partial charge in [0.15, 0.2) is 0 Å². The Kier molecular flexibility index (Phi) is 9.03. The first-order valence-electron chi connectivity index (χ1n) is 5.31. The summed E-state index contributed by atoms with van der Waals surface area (Å²) in [4.78, 5) is 32.5. The number of ether oxygens (including phenoxy) is 1. The van der Waals surface area contributed by atoms with Crippen LogP contribution in [-0.2, 0) is 19.1 Å². The van der Waals surface area contributed by atoms with Crippen molar-refractivity contribution in [3.8, 4) is 0 Å². The van der Waals surface area contributed by atoms with Crippen molar-refractivity contribution in [2.24, 2.45) is 0 Å². The molecular formula is C10H17NO6S. The van der Waals surface area contributed by atoms with E-state index in [9.17, 15) is 14.4 Å². The van der Waals surface area contributed by atoms with Crippen molar-refractivity contribution < 1.29 is 29.3 Å². The summed E-state index contributed by atoms with van der Waals surface area (Å²) in [5, 5.41) is 19.5. The number of aliphatic hydroxyl groups is 1. The second kappa shape index (κ2) is 9.72. The number of rotatable bonds is 9. The second-order valence-electron chi connectivity index (χ2n) is 3.36. The molecule has 0 unspecified atom stereocenters. The van der Waals surface area contributed by atoms with Crippen molar-refractivity contribution in [1.29, 1.82) is 0 Å². The average molecular weight is 279 g/mol. The summed E-state index contributed by atoms with van der Waals surface area (Å²) < 4.78 is 4.62. The minimum Gasteiger partial charge on any atom is -0.480 e. The van der Waals surface area contributed by atoms with Gasteiger partial charge in [-0.2, -0.15) is 11.8 Å². The highest BCUT2D eigenvalue weighted by Crippen LogP contribution is 2.06. The minimum atomic E-state index is -1.11. The molecule has 0 aromatic carbocycles. The Morgan fingerprint density at radius 3 is 2.56 bits per heavy atom. The first-order valence-corrected chi connectivity index (χ1v) is 6.47. The molecule has 0 aromatic heterocycles. The monoisotopic (exact) mass is 279 g/mol. The number of aliphatic carboxylic acids is 1. The number of amides is 1. The Bertz CT molecular complexity index is 296. The van der Waals surface area contributed by atoms with Crippen LogP contribution in [0.2, 0.25) is 0 Å². The van der Waals surface area contributed by atoms with Gasteiger partial charge in [0.05, 0.1) is 13.0 Å². The summed E-state index contributed by atoms with van der Waals surface area (Å²) >= 11 is 1.23.